The molecule has 2 aliphatic rings. The summed E-state index contributed by atoms with van der Waals surface area (Å²) < 4.78 is 0. The van der Waals surface area contributed by atoms with Crippen molar-refractivity contribution >= 4 is 17.2 Å². The summed E-state index contributed by atoms with van der Waals surface area (Å²) in [5, 5.41) is 3.90. The van der Waals surface area contributed by atoms with Crippen LogP contribution in [0.15, 0.2) is 41.1 Å². The Balaban J connectivity index is 1.38. The molecule has 4 rings (SSSR count). The standard InChI is InChI=1S/C17H18N2OS/c20-17(15-6-8-21-12-15)19-10-16(11-19)18-7-5-13-3-1-2-4-14(13)9-18/h1-4,6,8,12,16H,5,7,9-11H2. The van der Waals surface area contributed by atoms with Gasteiger partial charge in [-0.15, -0.1) is 0 Å². The van der Waals surface area contributed by atoms with Crippen LogP contribution in [0.3, 0.4) is 0 Å². The molecule has 0 N–H and O–H groups in total. The molecule has 0 spiro atoms. The number of likely N-dealkylation sites (tertiary alicyclic amines) is 1. The number of nitrogens with zero attached hydrogens (tertiary/aromatic N) is 2. The number of fused-ring (bicyclic) bond motifs is 1. The van der Waals surface area contributed by atoms with E-state index in [0.29, 0.717) is 6.04 Å². The molecular weight excluding hydrogens is 280 g/mol. The lowest BCUT2D eigenvalue weighted by Crippen LogP contribution is -2.61. The second-order valence-electron chi connectivity index (χ2n) is 5.87. The fraction of sp³-hybridized carbons (Fsp3) is 0.353. The van der Waals surface area contributed by atoms with Gasteiger partial charge in [0.05, 0.1) is 5.56 Å². The summed E-state index contributed by atoms with van der Waals surface area (Å²) in [6.07, 6.45) is 1.13. The van der Waals surface area contributed by atoms with Gasteiger partial charge in [0.15, 0.2) is 0 Å². The highest BCUT2D eigenvalue weighted by atomic mass is 32.1. The largest absolute Gasteiger partial charge is 0.335 e. The molecule has 1 aromatic heterocycles. The van der Waals surface area contributed by atoms with Gasteiger partial charge in [0.2, 0.25) is 0 Å². The van der Waals surface area contributed by atoms with Crippen LogP contribution in [0.1, 0.15) is 21.5 Å². The van der Waals surface area contributed by atoms with Crippen LogP contribution < -0.4 is 0 Å². The lowest BCUT2D eigenvalue weighted by Gasteiger charge is -2.46. The Morgan fingerprint density at radius 1 is 1.14 bits per heavy atom. The van der Waals surface area contributed by atoms with E-state index in [1.54, 1.807) is 11.3 Å². The molecule has 0 atom stereocenters. The van der Waals surface area contributed by atoms with Gasteiger partial charge in [-0.3, -0.25) is 9.69 Å². The Hall–Kier alpha value is -1.65. The number of hydrogen-bond acceptors (Lipinski definition) is 3. The third-order valence-electron chi connectivity index (χ3n) is 4.59. The zero-order valence-corrected chi connectivity index (χ0v) is 12.7. The number of amides is 1. The minimum atomic E-state index is 0.185. The zero-order valence-electron chi connectivity index (χ0n) is 11.9. The van der Waals surface area contributed by atoms with Crippen LogP contribution in [0, 0.1) is 0 Å². The topological polar surface area (TPSA) is 23.6 Å². The van der Waals surface area contributed by atoms with Crippen molar-refractivity contribution in [2.75, 3.05) is 19.6 Å². The molecule has 0 saturated carbocycles. The summed E-state index contributed by atoms with van der Waals surface area (Å²) in [5.41, 5.74) is 3.77. The molecule has 1 saturated heterocycles. The first-order chi connectivity index (χ1) is 10.3. The van der Waals surface area contributed by atoms with Crippen molar-refractivity contribution in [1.29, 1.82) is 0 Å². The third kappa shape index (κ3) is 2.39. The number of rotatable bonds is 2. The van der Waals surface area contributed by atoms with Crippen LogP contribution in [0.2, 0.25) is 0 Å². The maximum absolute atomic E-state index is 12.2. The van der Waals surface area contributed by atoms with Gasteiger partial charge in [-0.05, 0) is 29.0 Å². The Bertz CT molecular complexity index is 647. The van der Waals surface area contributed by atoms with E-state index in [9.17, 15) is 4.79 Å². The van der Waals surface area contributed by atoms with Crippen LogP contribution in [0.25, 0.3) is 0 Å². The van der Waals surface area contributed by atoms with Crippen molar-refractivity contribution in [3.8, 4) is 0 Å². The van der Waals surface area contributed by atoms with Crippen molar-refractivity contribution in [1.82, 2.24) is 9.80 Å². The highest BCUT2D eigenvalue weighted by molar-refractivity contribution is 7.08. The van der Waals surface area contributed by atoms with Gasteiger partial charge in [-0.1, -0.05) is 24.3 Å². The summed E-state index contributed by atoms with van der Waals surface area (Å²) >= 11 is 1.58. The van der Waals surface area contributed by atoms with Gasteiger partial charge in [-0.2, -0.15) is 11.3 Å². The highest BCUT2D eigenvalue weighted by Crippen LogP contribution is 2.25. The maximum Gasteiger partial charge on any atom is 0.254 e. The lowest BCUT2D eigenvalue weighted by molar-refractivity contribution is 0.0219. The molecule has 4 heteroatoms. The Morgan fingerprint density at radius 2 is 1.95 bits per heavy atom. The molecule has 1 amide bonds. The van der Waals surface area contributed by atoms with Gasteiger partial charge in [0.25, 0.3) is 5.91 Å². The number of benzene rings is 1. The van der Waals surface area contributed by atoms with Gasteiger partial charge in [0.1, 0.15) is 0 Å². The summed E-state index contributed by atoms with van der Waals surface area (Å²) in [5.74, 6) is 0.185. The Kier molecular flexibility index (Phi) is 3.28. The molecule has 0 unspecified atom stereocenters. The minimum absolute atomic E-state index is 0.185. The van der Waals surface area contributed by atoms with Gasteiger partial charge < -0.3 is 4.90 Å². The van der Waals surface area contributed by atoms with Crippen molar-refractivity contribution < 1.29 is 4.79 Å². The van der Waals surface area contributed by atoms with Crippen LogP contribution in [0.4, 0.5) is 0 Å². The van der Waals surface area contributed by atoms with Crippen LogP contribution in [-0.4, -0.2) is 41.4 Å². The zero-order chi connectivity index (χ0) is 14.2. The first-order valence-corrected chi connectivity index (χ1v) is 8.38. The molecule has 1 fully saturated rings. The van der Waals surface area contributed by atoms with E-state index in [0.717, 1.165) is 38.2 Å². The molecule has 2 aromatic rings. The molecule has 0 aliphatic carbocycles. The van der Waals surface area contributed by atoms with E-state index in [1.807, 2.05) is 21.7 Å². The average Bonchev–Trinajstić information content (AvgIpc) is 2.99. The van der Waals surface area contributed by atoms with E-state index >= 15 is 0 Å². The molecule has 1 aromatic carbocycles. The monoisotopic (exact) mass is 298 g/mol. The predicted molar refractivity (Wildman–Crippen MR) is 84.6 cm³/mol. The lowest BCUT2D eigenvalue weighted by atomic mass is 9.96. The van der Waals surface area contributed by atoms with Gasteiger partial charge >= 0.3 is 0 Å². The molecule has 3 nitrogen and oxygen atoms in total. The fourth-order valence-electron chi connectivity index (χ4n) is 3.25. The van der Waals surface area contributed by atoms with Crippen molar-refractivity contribution in [2.24, 2.45) is 0 Å². The smallest absolute Gasteiger partial charge is 0.254 e. The first kappa shape index (κ1) is 13.0. The third-order valence-corrected chi connectivity index (χ3v) is 5.28. The molecular formula is C17H18N2OS. The molecule has 21 heavy (non-hydrogen) atoms. The molecule has 2 aliphatic heterocycles. The maximum atomic E-state index is 12.2. The highest BCUT2D eigenvalue weighted by Gasteiger charge is 2.36. The van der Waals surface area contributed by atoms with E-state index < -0.39 is 0 Å². The minimum Gasteiger partial charge on any atom is -0.335 e. The molecule has 108 valence electrons. The molecule has 0 bridgehead atoms. The predicted octanol–water partition coefficient (Wildman–Crippen LogP) is 2.63. The fourth-order valence-corrected chi connectivity index (χ4v) is 3.88. The molecule has 3 heterocycles. The summed E-state index contributed by atoms with van der Waals surface area (Å²) in [7, 11) is 0. The van der Waals surface area contributed by atoms with E-state index in [4.69, 9.17) is 0 Å². The van der Waals surface area contributed by atoms with Crippen molar-refractivity contribution in [2.45, 2.75) is 19.0 Å². The van der Waals surface area contributed by atoms with E-state index in [2.05, 4.69) is 29.2 Å². The number of carbonyl (C=O) groups is 1. The van der Waals surface area contributed by atoms with Crippen LogP contribution >= 0.6 is 11.3 Å². The van der Waals surface area contributed by atoms with E-state index in [1.165, 1.54) is 11.1 Å². The van der Waals surface area contributed by atoms with Gasteiger partial charge in [0, 0.05) is 37.6 Å². The van der Waals surface area contributed by atoms with Crippen LogP contribution in [-0.2, 0) is 13.0 Å². The summed E-state index contributed by atoms with van der Waals surface area (Å²) in [6, 6.07) is 11.2. The van der Waals surface area contributed by atoms with Crippen molar-refractivity contribution in [3.05, 3.63) is 57.8 Å². The summed E-state index contributed by atoms with van der Waals surface area (Å²) in [4.78, 5) is 16.7. The Morgan fingerprint density at radius 3 is 2.71 bits per heavy atom. The first-order valence-electron chi connectivity index (χ1n) is 7.43. The second kappa shape index (κ2) is 5.28. The Labute approximate surface area is 128 Å². The van der Waals surface area contributed by atoms with Crippen LogP contribution in [0.5, 0.6) is 0 Å². The second-order valence-corrected chi connectivity index (χ2v) is 6.65. The van der Waals surface area contributed by atoms with Crippen molar-refractivity contribution in [3.63, 3.8) is 0 Å². The summed E-state index contributed by atoms with van der Waals surface area (Å²) in [6.45, 7) is 3.89. The number of thiophene rings is 1. The number of hydrogen-bond donors (Lipinski definition) is 0. The van der Waals surface area contributed by atoms with Gasteiger partial charge in [-0.25, -0.2) is 0 Å². The quantitative estimate of drug-likeness (QED) is 0.851. The van der Waals surface area contributed by atoms with E-state index in [-0.39, 0.29) is 5.91 Å². The average molecular weight is 298 g/mol. The normalized spacial score (nSPS) is 19.1. The SMILES string of the molecule is O=C(c1ccsc1)N1CC(N2CCc3ccccc3C2)C1. The molecule has 0 radical (unpaired) electrons. The number of carbonyl (C=O) groups excluding carboxylic acids is 1.